The zero-order chi connectivity index (χ0) is 28.0. The lowest BCUT2D eigenvalue weighted by Crippen LogP contribution is -2.42. The van der Waals surface area contributed by atoms with Gasteiger partial charge in [-0.3, -0.25) is 4.79 Å². The molecule has 0 aromatic heterocycles. The lowest BCUT2D eigenvalue weighted by atomic mass is 9.89. The van der Waals surface area contributed by atoms with Crippen LogP contribution in [0.1, 0.15) is 42.7 Å². The van der Waals surface area contributed by atoms with Crippen molar-refractivity contribution in [1.29, 1.82) is 5.26 Å². The Bertz CT molecular complexity index is 1410. The third kappa shape index (κ3) is 6.94. The van der Waals surface area contributed by atoms with Crippen molar-refractivity contribution in [3.63, 3.8) is 0 Å². The van der Waals surface area contributed by atoms with Gasteiger partial charge >= 0.3 is 0 Å². The molecule has 2 aliphatic rings. The van der Waals surface area contributed by atoms with E-state index >= 15 is 0 Å². The maximum Gasteiger partial charge on any atom is 0.243 e. The fourth-order valence-corrected chi connectivity index (χ4v) is 7.49. The monoisotopic (exact) mass is 570 g/mol. The van der Waals surface area contributed by atoms with E-state index < -0.39 is 32.0 Å². The Hall–Kier alpha value is -3.04. The van der Waals surface area contributed by atoms with Gasteiger partial charge in [0.2, 0.25) is 26.0 Å². The highest BCUT2D eigenvalue weighted by Gasteiger charge is 2.36. The van der Waals surface area contributed by atoms with Crippen molar-refractivity contribution in [3.8, 4) is 6.07 Å². The highest BCUT2D eigenvalue weighted by Crippen LogP contribution is 2.30. The highest BCUT2D eigenvalue weighted by atomic mass is 32.2. The number of nitrogens with zero attached hydrogens (tertiary/aromatic N) is 3. The van der Waals surface area contributed by atoms with E-state index in [9.17, 15) is 26.9 Å². The number of hydrogen-bond donors (Lipinski definition) is 1. The molecule has 2 saturated heterocycles. The Balaban J connectivity index is 1.55. The van der Waals surface area contributed by atoms with Crippen LogP contribution in [0.2, 0.25) is 0 Å². The molecule has 0 bridgehead atoms. The van der Waals surface area contributed by atoms with Crippen molar-refractivity contribution in [2.24, 2.45) is 5.92 Å². The second-order valence-electron chi connectivity index (χ2n) is 10.0. The van der Waals surface area contributed by atoms with Crippen molar-refractivity contribution < 1.29 is 21.6 Å². The molecule has 11 heteroatoms. The first-order valence-corrected chi connectivity index (χ1v) is 16.1. The van der Waals surface area contributed by atoms with Crippen LogP contribution in [0.25, 0.3) is 0 Å². The predicted octanol–water partition coefficient (Wildman–Crippen LogP) is 2.99. The molecule has 2 aromatic rings. The lowest BCUT2D eigenvalue weighted by Gasteiger charge is -2.32. The van der Waals surface area contributed by atoms with E-state index in [0.29, 0.717) is 51.7 Å². The normalized spacial score (nSPS) is 19.9. The van der Waals surface area contributed by atoms with E-state index in [1.165, 1.54) is 16.4 Å². The van der Waals surface area contributed by atoms with Gasteiger partial charge in [-0.2, -0.15) is 9.57 Å². The van der Waals surface area contributed by atoms with Crippen molar-refractivity contribution in [3.05, 3.63) is 77.7 Å². The van der Waals surface area contributed by atoms with Crippen LogP contribution in [0.4, 0.5) is 0 Å². The molecule has 208 valence electrons. The van der Waals surface area contributed by atoms with Crippen LogP contribution in [0.5, 0.6) is 0 Å². The van der Waals surface area contributed by atoms with E-state index in [1.807, 2.05) is 35.2 Å². The first-order chi connectivity index (χ1) is 18.6. The summed E-state index contributed by atoms with van der Waals surface area (Å²) < 4.78 is 54.2. The molecule has 2 heterocycles. The fourth-order valence-electron chi connectivity index (χ4n) is 5.26. The molecule has 1 amide bonds. The van der Waals surface area contributed by atoms with Gasteiger partial charge in [0, 0.05) is 43.5 Å². The SMILES string of the molecule is C=CS(=O)(=O)NC[C@@H]1CCCN1S(=O)(=O)c1ccc(C(Cc2ccccc2)C(=O)N2CCC(C#N)CC2)cc1. The Morgan fingerprint density at radius 1 is 1.03 bits per heavy atom. The van der Waals surface area contributed by atoms with Gasteiger partial charge in [0.1, 0.15) is 0 Å². The Morgan fingerprint density at radius 2 is 1.69 bits per heavy atom. The van der Waals surface area contributed by atoms with E-state index in [-0.39, 0.29) is 23.3 Å². The Kier molecular flexibility index (Phi) is 9.23. The molecule has 0 aliphatic carbocycles. The number of nitriles is 1. The van der Waals surface area contributed by atoms with E-state index in [4.69, 9.17) is 0 Å². The first kappa shape index (κ1) is 29.0. The van der Waals surface area contributed by atoms with Gasteiger partial charge < -0.3 is 4.90 Å². The number of piperidine rings is 1. The molecule has 39 heavy (non-hydrogen) atoms. The summed E-state index contributed by atoms with van der Waals surface area (Å²) >= 11 is 0. The summed E-state index contributed by atoms with van der Waals surface area (Å²) in [5.41, 5.74) is 1.73. The van der Waals surface area contributed by atoms with Crippen molar-refractivity contribution in [2.75, 3.05) is 26.2 Å². The minimum absolute atomic E-state index is 0.0260. The summed E-state index contributed by atoms with van der Waals surface area (Å²) in [4.78, 5) is 15.6. The van der Waals surface area contributed by atoms with Gasteiger partial charge in [-0.05, 0) is 55.4 Å². The van der Waals surface area contributed by atoms with Crippen LogP contribution in [-0.4, -0.2) is 64.2 Å². The zero-order valence-corrected chi connectivity index (χ0v) is 23.4. The van der Waals surface area contributed by atoms with Crippen LogP contribution >= 0.6 is 0 Å². The van der Waals surface area contributed by atoms with Gasteiger partial charge in [-0.1, -0.05) is 49.0 Å². The number of amides is 1. The Morgan fingerprint density at radius 3 is 2.31 bits per heavy atom. The van der Waals surface area contributed by atoms with Gasteiger partial charge in [0.15, 0.2) is 0 Å². The maximum absolute atomic E-state index is 13.7. The second kappa shape index (κ2) is 12.4. The number of sulfonamides is 2. The average molecular weight is 571 g/mol. The van der Waals surface area contributed by atoms with Gasteiger partial charge in [0.25, 0.3) is 0 Å². The molecule has 4 rings (SSSR count). The number of carbonyl (C=O) groups excluding carboxylic acids is 1. The summed E-state index contributed by atoms with van der Waals surface area (Å²) in [5, 5.41) is 10.0. The largest absolute Gasteiger partial charge is 0.342 e. The molecule has 2 aromatic carbocycles. The quantitative estimate of drug-likeness (QED) is 0.468. The summed E-state index contributed by atoms with van der Waals surface area (Å²) in [6.45, 7) is 4.60. The van der Waals surface area contributed by atoms with Crippen LogP contribution in [-0.2, 0) is 31.3 Å². The number of benzene rings is 2. The summed E-state index contributed by atoms with van der Waals surface area (Å²) in [7, 11) is -7.53. The fraction of sp³-hybridized carbons (Fsp3) is 0.429. The first-order valence-electron chi connectivity index (χ1n) is 13.1. The highest BCUT2D eigenvalue weighted by molar-refractivity contribution is 7.92. The number of hydrogen-bond acceptors (Lipinski definition) is 6. The van der Waals surface area contributed by atoms with Crippen molar-refractivity contribution in [2.45, 2.75) is 49.0 Å². The summed E-state index contributed by atoms with van der Waals surface area (Å²) in [6, 6.07) is 18.0. The van der Waals surface area contributed by atoms with E-state index in [0.717, 1.165) is 16.5 Å². The van der Waals surface area contributed by atoms with Gasteiger partial charge in [-0.25, -0.2) is 21.6 Å². The summed E-state index contributed by atoms with van der Waals surface area (Å²) in [6.07, 6.45) is 2.96. The molecular formula is C28H34N4O5S2. The predicted molar refractivity (Wildman–Crippen MR) is 148 cm³/mol. The van der Waals surface area contributed by atoms with Gasteiger partial charge in [-0.15, -0.1) is 0 Å². The van der Waals surface area contributed by atoms with Gasteiger partial charge in [0.05, 0.1) is 16.9 Å². The zero-order valence-electron chi connectivity index (χ0n) is 21.8. The number of likely N-dealkylation sites (tertiary alicyclic amines) is 1. The molecular weight excluding hydrogens is 536 g/mol. The molecule has 1 unspecified atom stereocenters. The number of carbonyl (C=O) groups is 1. The molecule has 9 nitrogen and oxygen atoms in total. The average Bonchev–Trinajstić information content (AvgIpc) is 3.45. The smallest absolute Gasteiger partial charge is 0.243 e. The minimum Gasteiger partial charge on any atom is -0.342 e. The summed E-state index contributed by atoms with van der Waals surface area (Å²) in [5.74, 6) is -0.553. The molecule has 0 radical (unpaired) electrons. The van der Waals surface area contributed by atoms with Crippen LogP contribution in [0.3, 0.4) is 0 Å². The van der Waals surface area contributed by atoms with Crippen molar-refractivity contribution >= 4 is 26.0 Å². The standard InChI is InChI=1S/C28H34N4O5S2/c1-2-38(34,35)30-21-25-9-6-16-32(25)39(36,37)26-12-10-24(11-13-26)27(19-22-7-4-3-5-8-22)28(33)31-17-14-23(20-29)15-18-31/h2-5,7-8,10-13,23,25,27,30H,1,6,9,14-19,21H2/t25-,27?/m0/s1. The molecule has 1 N–H and O–H groups in total. The molecule has 2 atom stereocenters. The minimum atomic E-state index is -3.87. The van der Waals surface area contributed by atoms with E-state index in [2.05, 4.69) is 17.4 Å². The maximum atomic E-state index is 13.7. The number of nitrogens with one attached hydrogen (secondary N) is 1. The molecule has 0 spiro atoms. The van der Waals surface area contributed by atoms with Crippen LogP contribution in [0.15, 0.2) is 71.5 Å². The molecule has 0 saturated carbocycles. The molecule has 2 fully saturated rings. The van der Waals surface area contributed by atoms with E-state index in [1.54, 1.807) is 12.1 Å². The molecule has 2 aliphatic heterocycles. The number of rotatable bonds is 10. The topological polar surface area (TPSA) is 128 Å². The lowest BCUT2D eigenvalue weighted by molar-refractivity contribution is -0.134. The Labute approximate surface area is 231 Å². The van der Waals surface area contributed by atoms with Crippen molar-refractivity contribution in [1.82, 2.24) is 13.9 Å². The second-order valence-corrected chi connectivity index (χ2v) is 13.6. The van der Waals surface area contributed by atoms with Crippen LogP contribution < -0.4 is 4.72 Å². The third-order valence-electron chi connectivity index (χ3n) is 7.52. The van der Waals surface area contributed by atoms with Crippen LogP contribution in [0, 0.1) is 17.2 Å². The third-order valence-corrected chi connectivity index (χ3v) is 10.5.